The number of nitrogens with two attached hydrogens (primary N) is 1. The number of carbonyl (C=O) groups is 2. The molecular formula is C34H35F3I3N7O3. The van der Waals surface area contributed by atoms with Gasteiger partial charge in [-0.25, -0.2) is 9.18 Å². The van der Waals surface area contributed by atoms with Gasteiger partial charge in [-0.05, 0) is 106 Å². The molecular weight excluding hydrogens is 992 g/mol. The molecule has 0 spiro atoms. The minimum absolute atomic E-state index is 0.0489. The molecule has 2 aliphatic heterocycles. The lowest BCUT2D eigenvalue weighted by atomic mass is 9.91. The number of halogens is 6. The molecule has 16 heteroatoms. The highest BCUT2D eigenvalue weighted by Crippen LogP contribution is 2.49. The predicted molar refractivity (Wildman–Crippen MR) is 212 cm³/mol. The maximum atomic E-state index is 15.3. The fourth-order valence-corrected chi connectivity index (χ4v) is 8.32. The highest BCUT2D eigenvalue weighted by Gasteiger charge is 2.38. The van der Waals surface area contributed by atoms with Crippen LogP contribution in [0.2, 0.25) is 0 Å². The second kappa shape index (κ2) is 15.2. The first kappa shape index (κ1) is 37.1. The Morgan fingerprint density at radius 1 is 0.920 bits per heavy atom. The minimum atomic E-state index is -3.39. The van der Waals surface area contributed by atoms with Crippen molar-refractivity contribution in [2.24, 2.45) is 5.92 Å². The number of anilines is 2. The molecule has 10 nitrogen and oxygen atoms in total. The summed E-state index contributed by atoms with van der Waals surface area (Å²) in [6, 6.07) is 13.8. The van der Waals surface area contributed by atoms with Gasteiger partial charge >= 0.3 is 9.62 Å². The number of nitrogens with zero attached hydrogens (tertiary/aromatic N) is 5. The summed E-state index contributed by atoms with van der Waals surface area (Å²) in [6.07, 6.45) is 4.34. The zero-order chi connectivity index (χ0) is 35.8. The Morgan fingerprint density at radius 3 is 2.20 bits per heavy atom. The molecule has 0 aliphatic carbocycles. The van der Waals surface area contributed by atoms with E-state index in [9.17, 15) is 23.2 Å². The molecule has 2 amide bonds. The lowest BCUT2D eigenvalue weighted by Gasteiger charge is -2.38. The molecule has 0 radical (unpaired) electrons. The van der Waals surface area contributed by atoms with Crippen LogP contribution in [0.4, 0.5) is 24.5 Å². The van der Waals surface area contributed by atoms with Crippen molar-refractivity contribution in [1.29, 1.82) is 0 Å². The van der Waals surface area contributed by atoms with Crippen LogP contribution in [0.3, 0.4) is 0 Å². The number of aromatic amines is 1. The van der Waals surface area contributed by atoms with Gasteiger partial charge in [0, 0.05) is 104 Å². The quantitative estimate of drug-likeness (QED) is 0.112. The maximum absolute atomic E-state index is 15.3. The number of nitrogen functional groups attached to an aromatic ring is 1. The molecule has 2 aromatic heterocycles. The van der Waals surface area contributed by atoms with E-state index in [1.54, 1.807) is 26.8 Å². The predicted octanol–water partition coefficient (Wildman–Crippen LogP) is 6.50. The summed E-state index contributed by atoms with van der Waals surface area (Å²) in [7, 11) is 0. The highest BCUT2D eigenvalue weighted by molar-refractivity contribution is 14.2. The number of alkyl halides is 6. The van der Waals surface area contributed by atoms with Crippen LogP contribution in [-0.4, -0.2) is 75.4 Å². The number of imidazole rings is 1. The van der Waals surface area contributed by atoms with E-state index < -0.39 is 17.1 Å². The van der Waals surface area contributed by atoms with Crippen molar-refractivity contribution in [3.05, 3.63) is 88.1 Å². The number of carbonyl (C=O) groups excluding carboxylic acids is 2. The Labute approximate surface area is 327 Å². The Bertz CT molecular complexity index is 1880. The van der Waals surface area contributed by atoms with E-state index in [0.29, 0.717) is 57.7 Å². The number of hydrogen-bond donors (Lipinski definition) is 2. The maximum Gasteiger partial charge on any atom is 0.326 e. The van der Waals surface area contributed by atoms with Gasteiger partial charge in [0.15, 0.2) is 0 Å². The largest absolute Gasteiger partial charge is 0.398 e. The van der Waals surface area contributed by atoms with Crippen LogP contribution < -0.4 is 16.3 Å². The van der Waals surface area contributed by atoms with E-state index in [0.717, 1.165) is 39.3 Å². The minimum Gasteiger partial charge on any atom is -0.398 e. The van der Waals surface area contributed by atoms with Gasteiger partial charge in [-0.3, -0.25) is 19.1 Å². The average molecular weight is 1030 g/mol. The van der Waals surface area contributed by atoms with E-state index >= 15 is 4.39 Å². The summed E-state index contributed by atoms with van der Waals surface area (Å²) in [5.74, 6) is -1.38. The number of aromatic nitrogens is 3. The SMILES string of the molecule is Nc1c(C(F)(F)I)cc(C[C@@H](CC(=O)N2CCC(n3c(=O)[nH]c4ccccc43)CC2)C(=O)N2CCN(c3ccncc3)CC2)cc1C(F)(I)I. The Balaban J connectivity index is 1.22. The normalized spacial score (nSPS) is 17.0. The lowest BCUT2D eigenvalue weighted by molar-refractivity contribution is -0.142. The smallest absolute Gasteiger partial charge is 0.326 e. The molecule has 3 N–H and O–H groups in total. The third-order valence-electron chi connectivity index (χ3n) is 9.53. The summed E-state index contributed by atoms with van der Waals surface area (Å²) >= 11 is 3.98. The van der Waals surface area contributed by atoms with Crippen molar-refractivity contribution in [3.8, 4) is 0 Å². The number of fused-ring (bicyclic) bond motifs is 1. The molecule has 2 fully saturated rings. The van der Waals surface area contributed by atoms with Crippen molar-refractivity contribution >= 4 is 102 Å². The molecule has 266 valence electrons. The number of piperidine rings is 1. The van der Waals surface area contributed by atoms with Crippen LogP contribution in [0, 0.1) is 5.92 Å². The molecule has 0 saturated carbocycles. The third-order valence-corrected chi connectivity index (χ3v) is 11.3. The van der Waals surface area contributed by atoms with E-state index in [-0.39, 0.29) is 47.6 Å². The number of piperazine rings is 1. The van der Waals surface area contributed by atoms with Crippen LogP contribution in [0.1, 0.15) is 42.0 Å². The van der Waals surface area contributed by atoms with Gasteiger partial charge in [0.2, 0.25) is 13.5 Å². The zero-order valence-electron chi connectivity index (χ0n) is 26.8. The molecule has 0 bridgehead atoms. The van der Waals surface area contributed by atoms with Gasteiger partial charge in [0.05, 0.1) is 22.5 Å². The number of rotatable bonds is 9. The van der Waals surface area contributed by atoms with Crippen molar-refractivity contribution in [2.45, 2.75) is 37.3 Å². The van der Waals surface area contributed by atoms with E-state index in [4.69, 9.17) is 5.73 Å². The van der Waals surface area contributed by atoms with Gasteiger partial charge in [0.25, 0.3) is 0 Å². The first-order valence-electron chi connectivity index (χ1n) is 16.2. The summed E-state index contributed by atoms with van der Waals surface area (Å²) in [5, 5.41) is 0. The van der Waals surface area contributed by atoms with E-state index in [1.165, 1.54) is 57.3 Å². The highest BCUT2D eigenvalue weighted by atomic mass is 127. The molecule has 4 heterocycles. The van der Waals surface area contributed by atoms with Crippen molar-refractivity contribution in [3.63, 3.8) is 0 Å². The molecule has 2 aromatic carbocycles. The monoisotopic (exact) mass is 1030 g/mol. The van der Waals surface area contributed by atoms with Crippen molar-refractivity contribution < 1.29 is 22.8 Å². The molecule has 6 rings (SSSR count). The standard InChI is InChI=1S/C34H35F3I3N7O3/c35-33(36,38)25-18-21(19-26(30(25)41)34(37,39)40)17-22(31(49)46-15-13-44(14-16-46)23-5-9-42-10-6-23)20-29(48)45-11-7-24(8-12-45)47-28-4-2-1-3-27(28)43-32(47)50/h1-6,9-10,18-19,22,24H,7-8,11-17,20,41H2,(H,43,50)/t22-/m0/s1. The number of pyridine rings is 1. The Morgan fingerprint density at radius 2 is 1.56 bits per heavy atom. The molecule has 2 aliphatic rings. The van der Waals surface area contributed by atoms with Gasteiger partial charge < -0.3 is 25.4 Å². The molecule has 0 unspecified atom stereocenters. The first-order valence-corrected chi connectivity index (χ1v) is 19.4. The lowest BCUT2D eigenvalue weighted by Crippen LogP contribution is -2.51. The van der Waals surface area contributed by atoms with Crippen LogP contribution in [0.5, 0.6) is 0 Å². The van der Waals surface area contributed by atoms with Gasteiger partial charge in [-0.2, -0.15) is 8.78 Å². The van der Waals surface area contributed by atoms with Crippen LogP contribution in [0.15, 0.2) is 65.7 Å². The van der Waals surface area contributed by atoms with Crippen molar-refractivity contribution in [1.82, 2.24) is 24.3 Å². The number of likely N-dealkylation sites (tertiary alicyclic amines) is 1. The van der Waals surface area contributed by atoms with E-state index in [2.05, 4.69) is 14.9 Å². The van der Waals surface area contributed by atoms with Crippen LogP contribution >= 0.6 is 67.8 Å². The second-order valence-electron chi connectivity index (χ2n) is 12.7. The number of H-pyrrole nitrogens is 1. The third kappa shape index (κ3) is 8.20. The fourth-order valence-electron chi connectivity index (χ4n) is 6.98. The summed E-state index contributed by atoms with van der Waals surface area (Å²) < 4.78 is 41.0. The summed E-state index contributed by atoms with van der Waals surface area (Å²) in [5.41, 5.74) is 7.73. The average Bonchev–Trinajstić information content (AvgIpc) is 3.43. The second-order valence-corrected chi connectivity index (χ2v) is 19.0. The Kier molecular flexibility index (Phi) is 11.3. The number of amides is 2. The number of hydrogen-bond acceptors (Lipinski definition) is 6. The van der Waals surface area contributed by atoms with Crippen LogP contribution in [0.25, 0.3) is 11.0 Å². The number of para-hydroxylation sites is 2. The van der Waals surface area contributed by atoms with Gasteiger partial charge in [0.1, 0.15) is 0 Å². The summed E-state index contributed by atoms with van der Waals surface area (Å²) in [4.78, 5) is 53.4. The number of nitrogens with one attached hydrogen (secondary N) is 1. The topological polar surface area (TPSA) is 121 Å². The molecule has 2 saturated heterocycles. The fraction of sp³-hybridized carbons (Fsp3) is 0.412. The molecule has 1 atom stereocenters. The first-order chi connectivity index (χ1) is 23.7. The molecule has 4 aromatic rings. The Hall–Kier alpha value is -2.62. The van der Waals surface area contributed by atoms with Gasteiger partial charge in [-0.15, -0.1) is 0 Å². The van der Waals surface area contributed by atoms with E-state index in [1.807, 2.05) is 36.4 Å². The number of benzene rings is 2. The van der Waals surface area contributed by atoms with Crippen molar-refractivity contribution in [2.75, 3.05) is 49.9 Å². The van der Waals surface area contributed by atoms with Crippen LogP contribution in [-0.2, 0) is 21.6 Å². The van der Waals surface area contributed by atoms with Gasteiger partial charge in [-0.1, -0.05) is 12.1 Å². The molecule has 50 heavy (non-hydrogen) atoms. The summed E-state index contributed by atoms with van der Waals surface area (Å²) in [6.45, 7) is 2.76. The zero-order valence-corrected chi connectivity index (χ0v) is 33.3.